The van der Waals surface area contributed by atoms with Crippen molar-refractivity contribution in [1.82, 2.24) is 4.90 Å². The molecule has 2 rings (SSSR count). The minimum absolute atomic E-state index is 0.00569. The number of nitrogens with zero attached hydrogens (tertiary/aromatic N) is 1. The molecule has 0 bridgehead atoms. The molecule has 1 amide bonds. The molecule has 2 aromatic rings. The average molecular weight is 509 g/mol. The zero-order valence-corrected chi connectivity index (χ0v) is 16.1. The lowest BCUT2D eigenvalue weighted by Gasteiger charge is -2.19. The molecule has 0 unspecified atom stereocenters. The predicted octanol–water partition coefficient (Wildman–Crippen LogP) is 5.09. The number of benzene rings is 2. The summed E-state index contributed by atoms with van der Waals surface area (Å²) in [6.45, 7) is 0.568. The van der Waals surface area contributed by atoms with E-state index in [0.717, 1.165) is 18.1 Å². The number of halogens is 3. The molecule has 0 aliphatic heterocycles. The Morgan fingerprint density at radius 1 is 1.15 bits per heavy atom. The Bertz CT molecular complexity index is 646. The Balaban J connectivity index is 2.21. The van der Waals surface area contributed by atoms with Gasteiger partial charge in [0.25, 0.3) is 5.91 Å². The van der Waals surface area contributed by atoms with E-state index >= 15 is 0 Å². The van der Waals surface area contributed by atoms with Crippen molar-refractivity contribution in [3.05, 3.63) is 66.1 Å². The first-order valence-electron chi connectivity index (χ1n) is 5.93. The second-order valence-electron chi connectivity index (χ2n) is 4.38. The molecule has 0 spiro atoms. The van der Waals surface area contributed by atoms with Gasteiger partial charge in [-0.05, 0) is 68.3 Å². The van der Waals surface area contributed by atoms with Crippen molar-refractivity contribution >= 4 is 60.4 Å². The summed E-state index contributed by atoms with van der Waals surface area (Å²) < 4.78 is 2.88. The van der Waals surface area contributed by atoms with E-state index in [-0.39, 0.29) is 5.91 Å². The van der Waals surface area contributed by atoms with Crippen LogP contribution in [0.4, 0.5) is 0 Å². The summed E-state index contributed by atoms with van der Waals surface area (Å²) in [6.07, 6.45) is 0. The second kappa shape index (κ2) is 7.04. The van der Waals surface area contributed by atoms with Crippen molar-refractivity contribution in [1.29, 1.82) is 0 Å². The van der Waals surface area contributed by atoms with Gasteiger partial charge in [0.05, 0.1) is 5.56 Å². The van der Waals surface area contributed by atoms with Crippen molar-refractivity contribution in [2.75, 3.05) is 7.05 Å². The molecule has 0 atom stereocenters. The Morgan fingerprint density at radius 3 is 2.55 bits per heavy atom. The number of carbonyl (C=O) groups excluding carboxylic acids is 1. The lowest BCUT2D eigenvalue weighted by atomic mass is 10.1. The maximum atomic E-state index is 12.5. The molecular formula is C15H12Br2INO. The molecule has 0 aromatic heterocycles. The van der Waals surface area contributed by atoms with Crippen LogP contribution in [-0.4, -0.2) is 17.9 Å². The molecule has 104 valence electrons. The van der Waals surface area contributed by atoms with Crippen LogP contribution < -0.4 is 0 Å². The van der Waals surface area contributed by atoms with Gasteiger partial charge in [-0.25, -0.2) is 0 Å². The van der Waals surface area contributed by atoms with Gasteiger partial charge in [-0.15, -0.1) is 0 Å². The molecule has 0 N–H and O–H groups in total. The number of rotatable bonds is 3. The zero-order chi connectivity index (χ0) is 14.7. The van der Waals surface area contributed by atoms with E-state index in [4.69, 9.17) is 0 Å². The maximum Gasteiger partial charge on any atom is 0.255 e. The fourth-order valence-corrected chi connectivity index (χ4v) is 3.14. The van der Waals surface area contributed by atoms with Crippen molar-refractivity contribution in [2.45, 2.75) is 6.54 Å². The van der Waals surface area contributed by atoms with Crippen LogP contribution >= 0.6 is 54.5 Å². The number of hydrogen-bond acceptors (Lipinski definition) is 1. The molecule has 2 nitrogen and oxygen atoms in total. The van der Waals surface area contributed by atoms with Gasteiger partial charge in [-0.2, -0.15) is 0 Å². The second-order valence-corrected chi connectivity index (χ2v) is 7.33. The third-order valence-corrected chi connectivity index (χ3v) is 5.01. The Hall–Kier alpha value is -0.400. The predicted molar refractivity (Wildman–Crippen MR) is 96.8 cm³/mol. The molecular weight excluding hydrogens is 497 g/mol. The molecule has 5 heteroatoms. The van der Waals surface area contributed by atoms with E-state index < -0.39 is 0 Å². The lowest BCUT2D eigenvalue weighted by molar-refractivity contribution is 0.0784. The fraction of sp³-hybridized carbons (Fsp3) is 0.133. The largest absolute Gasteiger partial charge is 0.337 e. The highest BCUT2D eigenvalue weighted by Crippen LogP contribution is 2.23. The van der Waals surface area contributed by atoms with Gasteiger partial charge in [0.15, 0.2) is 0 Å². The average Bonchev–Trinajstić information content (AvgIpc) is 2.43. The SMILES string of the molecule is CN(Cc1ccccc1Br)C(=O)c1cc(I)ccc1Br. The summed E-state index contributed by atoms with van der Waals surface area (Å²) in [5.41, 5.74) is 1.77. The van der Waals surface area contributed by atoms with Crippen LogP contribution in [0, 0.1) is 3.57 Å². The van der Waals surface area contributed by atoms with Gasteiger partial charge in [0, 0.05) is 26.1 Å². The molecule has 0 radical (unpaired) electrons. The molecule has 0 heterocycles. The smallest absolute Gasteiger partial charge is 0.255 e. The van der Waals surface area contributed by atoms with Gasteiger partial charge in [-0.3, -0.25) is 4.79 Å². The minimum atomic E-state index is 0.00569. The molecule has 0 saturated heterocycles. The Morgan fingerprint density at radius 2 is 1.85 bits per heavy atom. The van der Waals surface area contributed by atoms with Crippen molar-refractivity contribution < 1.29 is 4.79 Å². The van der Waals surface area contributed by atoms with Crippen LogP contribution in [0.25, 0.3) is 0 Å². The van der Waals surface area contributed by atoms with E-state index in [2.05, 4.69) is 54.5 Å². The number of carbonyl (C=O) groups is 1. The van der Waals surface area contributed by atoms with Crippen LogP contribution in [0.3, 0.4) is 0 Å². The highest BCUT2D eigenvalue weighted by molar-refractivity contribution is 14.1. The first-order valence-corrected chi connectivity index (χ1v) is 8.59. The molecule has 0 saturated carbocycles. The number of hydrogen-bond donors (Lipinski definition) is 0. The summed E-state index contributed by atoms with van der Waals surface area (Å²) in [5.74, 6) is 0.00569. The van der Waals surface area contributed by atoms with E-state index in [0.29, 0.717) is 12.1 Å². The molecule has 20 heavy (non-hydrogen) atoms. The summed E-state index contributed by atoms with van der Waals surface area (Å²) in [4.78, 5) is 14.2. The molecule has 0 fully saturated rings. The van der Waals surface area contributed by atoms with E-state index in [1.165, 1.54) is 0 Å². The van der Waals surface area contributed by atoms with E-state index in [9.17, 15) is 4.79 Å². The van der Waals surface area contributed by atoms with Gasteiger partial charge in [-0.1, -0.05) is 34.1 Å². The highest BCUT2D eigenvalue weighted by atomic mass is 127. The van der Waals surface area contributed by atoms with Gasteiger partial charge >= 0.3 is 0 Å². The third kappa shape index (κ3) is 3.83. The monoisotopic (exact) mass is 507 g/mol. The van der Waals surface area contributed by atoms with Crippen LogP contribution in [-0.2, 0) is 6.54 Å². The van der Waals surface area contributed by atoms with Gasteiger partial charge in [0.2, 0.25) is 0 Å². The van der Waals surface area contributed by atoms with Gasteiger partial charge in [0.1, 0.15) is 0 Å². The normalized spacial score (nSPS) is 10.4. The molecule has 0 aliphatic carbocycles. The van der Waals surface area contributed by atoms with E-state index in [1.54, 1.807) is 4.90 Å². The maximum absolute atomic E-state index is 12.5. The first kappa shape index (κ1) is 16.0. The summed E-state index contributed by atoms with van der Waals surface area (Å²) in [6, 6.07) is 13.7. The summed E-state index contributed by atoms with van der Waals surface area (Å²) in [7, 11) is 1.81. The van der Waals surface area contributed by atoms with Crippen molar-refractivity contribution in [3.8, 4) is 0 Å². The van der Waals surface area contributed by atoms with Gasteiger partial charge < -0.3 is 4.90 Å². The third-order valence-electron chi connectivity index (χ3n) is 2.87. The number of amides is 1. The van der Waals surface area contributed by atoms with Crippen LogP contribution in [0.5, 0.6) is 0 Å². The highest BCUT2D eigenvalue weighted by Gasteiger charge is 2.16. The molecule has 2 aromatic carbocycles. The Kier molecular flexibility index (Phi) is 5.63. The minimum Gasteiger partial charge on any atom is -0.337 e. The summed E-state index contributed by atoms with van der Waals surface area (Å²) in [5, 5.41) is 0. The van der Waals surface area contributed by atoms with E-state index in [1.807, 2.05) is 49.5 Å². The van der Waals surface area contributed by atoms with Crippen LogP contribution in [0.1, 0.15) is 15.9 Å². The summed E-state index contributed by atoms with van der Waals surface area (Å²) >= 11 is 9.16. The van der Waals surface area contributed by atoms with Crippen molar-refractivity contribution in [2.24, 2.45) is 0 Å². The lowest BCUT2D eigenvalue weighted by Crippen LogP contribution is -2.26. The first-order chi connectivity index (χ1) is 9.49. The zero-order valence-electron chi connectivity index (χ0n) is 10.7. The van der Waals surface area contributed by atoms with Crippen LogP contribution in [0.15, 0.2) is 51.4 Å². The standard InChI is InChI=1S/C15H12Br2INO/c1-19(9-10-4-2-3-5-13(10)16)15(20)12-8-11(18)6-7-14(12)17/h2-8H,9H2,1H3. The fourth-order valence-electron chi connectivity index (χ4n) is 1.82. The molecule has 0 aliphatic rings. The quantitative estimate of drug-likeness (QED) is 0.529. The Labute approximate surface area is 149 Å². The topological polar surface area (TPSA) is 20.3 Å². The van der Waals surface area contributed by atoms with Crippen LogP contribution in [0.2, 0.25) is 0 Å². The van der Waals surface area contributed by atoms with Crippen molar-refractivity contribution in [3.63, 3.8) is 0 Å².